The first-order valence-electron chi connectivity index (χ1n) is 8.18. The summed E-state index contributed by atoms with van der Waals surface area (Å²) in [7, 11) is 0. The molecule has 2 heterocycles. The van der Waals surface area contributed by atoms with Crippen LogP contribution in [0.2, 0.25) is 4.34 Å². The highest BCUT2D eigenvalue weighted by atomic mass is 127. The minimum atomic E-state index is 0. The molecule has 2 unspecified atom stereocenters. The molecular formula is C16H26ClIN4S. The van der Waals surface area contributed by atoms with Gasteiger partial charge in [-0.2, -0.15) is 0 Å². The largest absolute Gasteiger partial charge is 0.357 e. The van der Waals surface area contributed by atoms with Crippen molar-refractivity contribution in [2.45, 2.75) is 45.3 Å². The van der Waals surface area contributed by atoms with E-state index in [0.29, 0.717) is 18.5 Å². The molecule has 2 fully saturated rings. The minimum Gasteiger partial charge on any atom is -0.357 e. The summed E-state index contributed by atoms with van der Waals surface area (Å²) in [4.78, 5) is 8.53. The Balaban J connectivity index is 0.00000192. The van der Waals surface area contributed by atoms with E-state index in [1.165, 1.54) is 24.3 Å². The van der Waals surface area contributed by atoms with Crippen LogP contribution in [-0.4, -0.2) is 42.6 Å². The van der Waals surface area contributed by atoms with Gasteiger partial charge in [0.05, 0.1) is 10.9 Å². The average Bonchev–Trinajstić information content (AvgIpc) is 3.16. The zero-order valence-corrected chi connectivity index (χ0v) is 17.6. The molecule has 7 heteroatoms. The minimum absolute atomic E-state index is 0. The van der Waals surface area contributed by atoms with Crippen LogP contribution < -0.4 is 10.6 Å². The van der Waals surface area contributed by atoms with Gasteiger partial charge < -0.3 is 10.6 Å². The van der Waals surface area contributed by atoms with Crippen molar-refractivity contribution in [2.24, 2.45) is 10.9 Å². The molecular weight excluding hydrogens is 443 g/mol. The Morgan fingerprint density at radius 2 is 2.17 bits per heavy atom. The molecule has 2 atom stereocenters. The standard InChI is InChI=1S/C16H25ClN4S.HI/c1-3-18-16(19-8-13-6-7-15(17)22-13)20-14-10-21(9-11(14)2)12-4-5-12;/h6-7,11-12,14H,3-5,8-10H2,1-2H3,(H2,18,19,20);1H. The second-order valence-corrected chi connectivity index (χ2v) is 8.11. The second-order valence-electron chi connectivity index (χ2n) is 6.31. The Bertz CT molecular complexity index is 532. The highest BCUT2D eigenvalue weighted by Gasteiger charge is 2.38. The van der Waals surface area contributed by atoms with Crippen LogP contribution in [0.15, 0.2) is 17.1 Å². The van der Waals surface area contributed by atoms with Gasteiger partial charge in [-0.05, 0) is 37.8 Å². The van der Waals surface area contributed by atoms with E-state index in [1.807, 2.05) is 12.1 Å². The number of aliphatic imine (C=N–C) groups is 1. The van der Waals surface area contributed by atoms with Crippen molar-refractivity contribution in [3.8, 4) is 0 Å². The number of rotatable bonds is 5. The van der Waals surface area contributed by atoms with Crippen molar-refractivity contribution in [3.63, 3.8) is 0 Å². The SMILES string of the molecule is CCNC(=NCc1ccc(Cl)s1)NC1CN(C2CC2)CC1C.I. The molecule has 1 saturated carbocycles. The van der Waals surface area contributed by atoms with E-state index in [0.717, 1.165) is 29.4 Å². The summed E-state index contributed by atoms with van der Waals surface area (Å²) in [6.07, 6.45) is 2.76. The number of guanidine groups is 1. The van der Waals surface area contributed by atoms with Crippen LogP contribution in [0.1, 0.15) is 31.6 Å². The smallest absolute Gasteiger partial charge is 0.191 e. The third-order valence-corrected chi connectivity index (χ3v) is 5.61. The highest BCUT2D eigenvalue weighted by molar-refractivity contribution is 14.0. The zero-order chi connectivity index (χ0) is 15.5. The predicted molar refractivity (Wildman–Crippen MR) is 110 cm³/mol. The number of nitrogens with zero attached hydrogens (tertiary/aromatic N) is 2. The molecule has 1 saturated heterocycles. The monoisotopic (exact) mass is 468 g/mol. The van der Waals surface area contributed by atoms with Gasteiger partial charge in [0.15, 0.2) is 5.96 Å². The average molecular weight is 469 g/mol. The molecule has 2 aliphatic rings. The van der Waals surface area contributed by atoms with Gasteiger partial charge >= 0.3 is 0 Å². The van der Waals surface area contributed by atoms with Gasteiger partial charge in [0.25, 0.3) is 0 Å². The molecule has 0 bridgehead atoms. The zero-order valence-electron chi connectivity index (χ0n) is 13.7. The van der Waals surface area contributed by atoms with E-state index in [1.54, 1.807) is 11.3 Å². The summed E-state index contributed by atoms with van der Waals surface area (Å²) in [6, 6.07) is 5.32. The third-order valence-electron chi connectivity index (χ3n) is 4.39. The van der Waals surface area contributed by atoms with Gasteiger partial charge in [-0.3, -0.25) is 4.90 Å². The molecule has 0 spiro atoms. The number of likely N-dealkylation sites (tertiary alicyclic amines) is 1. The molecule has 2 N–H and O–H groups in total. The number of nitrogens with one attached hydrogen (secondary N) is 2. The number of hydrogen-bond donors (Lipinski definition) is 2. The molecule has 0 aromatic carbocycles. The first-order valence-corrected chi connectivity index (χ1v) is 9.38. The quantitative estimate of drug-likeness (QED) is 0.394. The van der Waals surface area contributed by atoms with Gasteiger partial charge in [-0.25, -0.2) is 4.99 Å². The lowest BCUT2D eigenvalue weighted by atomic mass is 10.1. The van der Waals surface area contributed by atoms with Crippen LogP contribution >= 0.6 is 46.9 Å². The lowest BCUT2D eigenvalue weighted by Gasteiger charge is -2.20. The normalized spacial score (nSPS) is 25.3. The molecule has 1 aliphatic heterocycles. The first-order chi connectivity index (χ1) is 10.7. The van der Waals surface area contributed by atoms with Crippen molar-refractivity contribution in [3.05, 3.63) is 21.3 Å². The van der Waals surface area contributed by atoms with Crippen molar-refractivity contribution < 1.29 is 0 Å². The van der Waals surface area contributed by atoms with E-state index in [2.05, 4.69) is 29.4 Å². The maximum Gasteiger partial charge on any atom is 0.191 e. The van der Waals surface area contributed by atoms with Crippen molar-refractivity contribution in [1.29, 1.82) is 0 Å². The van der Waals surface area contributed by atoms with Crippen LogP contribution in [0.5, 0.6) is 0 Å². The number of halogens is 2. The van der Waals surface area contributed by atoms with Crippen LogP contribution in [-0.2, 0) is 6.54 Å². The summed E-state index contributed by atoms with van der Waals surface area (Å²) in [5, 5.41) is 6.98. The van der Waals surface area contributed by atoms with E-state index >= 15 is 0 Å². The maximum atomic E-state index is 5.98. The summed E-state index contributed by atoms with van der Waals surface area (Å²) in [6.45, 7) is 8.35. The molecule has 1 aromatic heterocycles. The fourth-order valence-corrected chi connectivity index (χ4v) is 4.03. The molecule has 0 radical (unpaired) electrons. The number of thiophene rings is 1. The lowest BCUT2D eigenvalue weighted by Crippen LogP contribution is -2.46. The fourth-order valence-electron chi connectivity index (χ4n) is 3.02. The Labute approximate surface area is 165 Å². The Hall–Kier alpha value is -0.0500. The molecule has 1 aromatic rings. The van der Waals surface area contributed by atoms with Crippen LogP contribution in [0.25, 0.3) is 0 Å². The third kappa shape index (κ3) is 5.47. The molecule has 1 aliphatic carbocycles. The second kappa shape index (κ2) is 8.87. The highest BCUT2D eigenvalue weighted by Crippen LogP contribution is 2.31. The van der Waals surface area contributed by atoms with Gasteiger partial charge in [-0.1, -0.05) is 18.5 Å². The summed E-state index contributed by atoms with van der Waals surface area (Å²) in [5.41, 5.74) is 0. The lowest BCUT2D eigenvalue weighted by molar-refractivity contribution is 0.315. The van der Waals surface area contributed by atoms with Gasteiger partial charge in [-0.15, -0.1) is 35.3 Å². The van der Waals surface area contributed by atoms with Crippen molar-refractivity contribution in [1.82, 2.24) is 15.5 Å². The van der Waals surface area contributed by atoms with Crippen LogP contribution in [0.3, 0.4) is 0 Å². The van der Waals surface area contributed by atoms with Crippen molar-refractivity contribution in [2.75, 3.05) is 19.6 Å². The van der Waals surface area contributed by atoms with Crippen LogP contribution in [0, 0.1) is 5.92 Å². The summed E-state index contributed by atoms with van der Waals surface area (Å²) < 4.78 is 0.827. The van der Waals surface area contributed by atoms with E-state index in [4.69, 9.17) is 16.6 Å². The summed E-state index contributed by atoms with van der Waals surface area (Å²) in [5.74, 6) is 1.59. The fraction of sp³-hybridized carbons (Fsp3) is 0.688. The Morgan fingerprint density at radius 3 is 2.78 bits per heavy atom. The predicted octanol–water partition coefficient (Wildman–Crippen LogP) is 3.56. The molecule has 130 valence electrons. The number of hydrogen-bond acceptors (Lipinski definition) is 3. The first kappa shape index (κ1) is 19.3. The Kier molecular flexibility index (Phi) is 7.44. The van der Waals surface area contributed by atoms with Crippen LogP contribution in [0.4, 0.5) is 0 Å². The molecule has 4 nitrogen and oxygen atoms in total. The summed E-state index contributed by atoms with van der Waals surface area (Å²) >= 11 is 7.58. The maximum absolute atomic E-state index is 5.98. The molecule has 3 rings (SSSR count). The molecule has 23 heavy (non-hydrogen) atoms. The van der Waals surface area contributed by atoms with E-state index < -0.39 is 0 Å². The van der Waals surface area contributed by atoms with Crippen molar-refractivity contribution >= 4 is 52.9 Å². The van der Waals surface area contributed by atoms with Gasteiger partial charge in [0.1, 0.15) is 0 Å². The van der Waals surface area contributed by atoms with Gasteiger partial charge in [0.2, 0.25) is 0 Å². The molecule has 0 amide bonds. The van der Waals surface area contributed by atoms with E-state index in [-0.39, 0.29) is 24.0 Å². The van der Waals surface area contributed by atoms with E-state index in [9.17, 15) is 0 Å². The topological polar surface area (TPSA) is 39.7 Å². The van der Waals surface area contributed by atoms with Gasteiger partial charge in [0, 0.05) is 36.6 Å². The Morgan fingerprint density at radius 1 is 1.39 bits per heavy atom.